The molecule has 0 aliphatic rings. The number of rotatable bonds is 7. The average molecular weight is 426 g/mol. The molecule has 0 amide bonds. The van der Waals surface area contributed by atoms with Gasteiger partial charge in [0.05, 0.1) is 19.6 Å². The summed E-state index contributed by atoms with van der Waals surface area (Å²) in [6, 6.07) is 13.6. The first-order valence-electron chi connectivity index (χ1n) is 9.50. The van der Waals surface area contributed by atoms with Gasteiger partial charge in [-0.2, -0.15) is 0 Å². The van der Waals surface area contributed by atoms with Crippen molar-refractivity contribution in [1.82, 2.24) is 0 Å². The Kier molecular flexibility index (Phi) is 6.59. The van der Waals surface area contributed by atoms with Crippen LogP contribution in [0.1, 0.15) is 13.8 Å². The molecule has 162 valence electrons. The standard InChI is InChI=1S/C23H22O8/c1-13(22(25)27-3)29-16-10-18(30-14(2)23(26)28-4)21-17(15-8-6-5-7-9-15)12-20(24)31-19(21)11-16/h5-14H,1-4H3/t13-,14-/m1/s1. The third-order valence-electron chi connectivity index (χ3n) is 4.55. The number of methoxy groups -OCH3 is 2. The Hall–Kier alpha value is -3.81. The topological polar surface area (TPSA) is 101 Å². The lowest BCUT2D eigenvalue weighted by Crippen LogP contribution is -2.26. The van der Waals surface area contributed by atoms with Crippen molar-refractivity contribution in [1.29, 1.82) is 0 Å². The molecule has 0 saturated heterocycles. The third kappa shape index (κ3) is 4.85. The molecule has 8 heteroatoms. The van der Waals surface area contributed by atoms with Crippen LogP contribution in [0.25, 0.3) is 22.1 Å². The summed E-state index contributed by atoms with van der Waals surface area (Å²) in [5.74, 6) is -0.734. The van der Waals surface area contributed by atoms with Crippen molar-refractivity contribution >= 4 is 22.9 Å². The summed E-state index contributed by atoms with van der Waals surface area (Å²) in [6.45, 7) is 3.05. The van der Waals surface area contributed by atoms with Crippen molar-refractivity contribution in [3.63, 3.8) is 0 Å². The van der Waals surface area contributed by atoms with Crippen LogP contribution in [0.2, 0.25) is 0 Å². The highest BCUT2D eigenvalue weighted by Gasteiger charge is 2.22. The maximum Gasteiger partial charge on any atom is 0.346 e. The molecule has 0 radical (unpaired) electrons. The number of carbonyl (C=O) groups is 2. The molecule has 0 unspecified atom stereocenters. The van der Waals surface area contributed by atoms with Gasteiger partial charge >= 0.3 is 17.6 Å². The molecule has 2 aromatic carbocycles. The minimum absolute atomic E-state index is 0.174. The fourth-order valence-corrected chi connectivity index (χ4v) is 3.07. The van der Waals surface area contributed by atoms with Crippen LogP contribution in [0.15, 0.2) is 57.7 Å². The first kappa shape index (κ1) is 21.9. The lowest BCUT2D eigenvalue weighted by Gasteiger charge is -2.18. The van der Waals surface area contributed by atoms with Crippen LogP contribution in [-0.4, -0.2) is 38.4 Å². The molecule has 3 rings (SSSR count). The number of hydrogen-bond donors (Lipinski definition) is 0. The Morgan fingerprint density at radius 1 is 0.871 bits per heavy atom. The summed E-state index contributed by atoms with van der Waals surface area (Å²) >= 11 is 0. The Morgan fingerprint density at radius 3 is 2.10 bits per heavy atom. The molecule has 1 aromatic heterocycles. The highest BCUT2D eigenvalue weighted by molar-refractivity contribution is 5.98. The van der Waals surface area contributed by atoms with Gasteiger partial charge in [0, 0.05) is 23.8 Å². The fourth-order valence-electron chi connectivity index (χ4n) is 3.07. The Bertz CT molecular complexity index is 1150. The van der Waals surface area contributed by atoms with Gasteiger partial charge < -0.3 is 23.4 Å². The summed E-state index contributed by atoms with van der Waals surface area (Å²) in [4.78, 5) is 35.9. The number of ether oxygens (including phenoxy) is 4. The van der Waals surface area contributed by atoms with Crippen molar-refractivity contribution in [2.75, 3.05) is 14.2 Å². The van der Waals surface area contributed by atoms with E-state index in [2.05, 4.69) is 4.74 Å². The van der Waals surface area contributed by atoms with Gasteiger partial charge in [-0.05, 0) is 19.4 Å². The maximum atomic E-state index is 12.3. The highest BCUT2D eigenvalue weighted by Crippen LogP contribution is 2.38. The van der Waals surface area contributed by atoms with Gasteiger partial charge in [-0.25, -0.2) is 14.4 Å². The summed E-state index contributed by atoms with van der Waals surface area (Å²) in [5.41, 5.74) is 0.920. The van der Waals surface area contributed by atoms with Gasteiger partial charge in [0.15, 0.2) is 12.2 Å². The van der Waals surface area contributed by atoms with E-state index >= 15 is 0 Å². The summed E-state index contributed by atoms with van der Waals surface area (Å²) in [5, 5.41) is 0.472. The molecule has 0 fully saturated rings. The van der Waals surface area contributed by atoms with Crippen molar-refractivity contribution in [3.05, 3.63) is 59.0 Å². The molecule has 0 aliphatic heterocycles. The molecule has 2 atom stereocenters. The molecular weight excluding hydrogens is 404 g/mol. The number of hydrogen-bond acceptors (Lipinski definition) is 8. The van der Waals surface area contributed by atoms with Crippen LogP contribution in [0, 0.1) is 0 Å². The predicted molar refractivity (Wildman–Crippen MR) is 112 cm³/mol. The average Bonchev–Trinajstić information content (AvgIpc) is 2.77. The van der Waals surface area contributed by atoms with Crippen LogP contribution < -0.4 is 15.1 Å². The van der Waals surface area contributed by atoms with E-state index in [0.29, 0.717) is 10.9 Å². The lowest BCUT2D eigenvalue weighted by molar-refractivity contribution is -0.148. The molecule has 0 bridgehead atoms. The molecule has 8 nitrogen and oxygen atoms in total. The summed E-state index contributed by atoms with van der Waals surface area (Å²) in [6.07, 6.45) is -1.87. The van der Waals surface area contributed by atoms with Crippen molar-refractivity contribution < 1.29 is 33.0 Å². The van der Waals surface area contributed by atoms with E-state index in [0.717, 1.165) is 5.56 Å². The van der Waals surface area contributed by atoms with Gasteiger partial charge in [0.2, 0.25) is 0 Å². The van der Waals surface area contributed by atoms with Gasteiger partial charge in [-0.1, -0.05) is 30.3 Å². The normalized spacial score (nSPS) is 12.6. The fraction of sp³-hybridized carbons (Fsp3) is 0.261. The Labute approximate surface area is 178 Å². The Balaban J connectivity index is 2.21. The smallest absolute Gasteiger partial charge is 0.346 e. The minimum Gasteiger partial charge on any atom is -0.479 e. The first-order chi connectivity index (χ1) is 14.8. The zero-order valence-electron chi connectivity index (χ0n) is 17.5. The van der Waals surface area contributed by atoms with Gasteiger partial charge in [-0.15, -0.1) is 0 Å². The van der Waals surface area contributed by atoms with E-state index in [4.69, 9.17) is 18.6 Å². The highest BCUT2D eigenvalue weighted by atomic mass is 16.6. The van der Waals surface area contributed by atoms with E-state index in [1.165, 1.54) is 46.3 Å². The van der Waals surface area contributed by atoms with E-state index < -0.39 is 29.8 Å². The molecule has 0 aliphatic carbocycles. The minimum atomic E-state index is -0.947. The van der Waals surface area contributed by atoms with E-state index in [-0.39, 0.29) is 17.1 Å². The largest absolute Gasteiger partial charge is 0.479 e. The molecule has 31 heavy (non-hydrogen) atoms. The number of fused-ring (bicyclic) bond motifs is 1. The van der Waals surface area contributed by atoms with Crippen LogP contribution >= 0.6 is 0 Å². The molecular formula is C23H22O8. The van der Waals surface area contributed by atoms with E-state index in [9.17, 15) is 14.4 Å². The molecule has 0 N–H and O–H groups in total. The van der Waals surface area contributed by atoms with Crippen molar-refractivity contribution in [2.45, 2.75) is 26.1 Å². The predicted octanol–water partition coefficient (Wildman–Crippen LogP) is 3.34. The second-order valence-electron chi connectivity index (χ2n) is 6.71. The first-order valence-corrected chi connectivity index (χ1v) is 9.50. The van der Waals surface area contributed by atoms with Crippen LogP contribution in [0.5, 0.6) is 11.5 Å². The van der Waals surface area contributed by atoms with Crippen molar-refractivity contribution in [2.24, 2.45) is 0 Å². The third-order valence-corrected chi connectivity index (χ3v) is 4.55. The quantitative estimate of drug-likeness (QED) is 0.419. The Morgan fingerprint density at radius 2 is 1.48 bits per heavy atom. The zero-order valence-corrected chi connectivity index (χ0v) is 17.5. The molecule has 1 heterocycles. The SMILES string of the molecule is COC(=O)[C@@H](C)Oc1cc(O[C@H](C)C(=O)OC)c2c(-c3ccccc3)cc(=O)oc2c1. The second kappa shape index (κ2) is 9.34. The summed E-state index contributed by atoms with van der Waals surface area (Å²) in [7, 11) is 2.51. The zero-order chi connectivity index (χ0) is 22.5. The second-order valence-corrected chi connectivity index (χ2v) is 6.71. The lowest BCUT2D eigenvalue weighted by atomic mass is 10.0. The van der Waals surface area contributed by atoms with Crippen LogP contribution in [-0.2, 0) is 19.1 Å². The summed E-state index contributed by atoms with van der Waals surface area (Å²) < 4.78 is 26.3. The van der Waals surface area contributed by atoms with Gasteiger partial charge in [0.1, 0.15) is 17.1 Å². The molecule has 0 saturated carbocycles. The molecule has 3 aromatic rings. The molecule has 0 spiro atoms. The van der Waals surface area contributed by atoms with Crippen molar-refractivity contribution in [3.8, 4) is 22.6 Å². The number of benzene rings is 2. The maximum absolute atomic E-state index is 12.3. The van der Waals surface area contributed by atoms with Crippen LogP contribution in [0.4, 0.5) is 0 Å². The number of esters is 2. The number of carbonyl (C=O) groups excluding carboxylic acids is 2. The van der Waals surface area contributed by atoms with Crippen LogP contribution in [0.3, 0.4) is 0 Å². The monoisotopic (exact) mass is 426 g/mol. The van der Waals surface area contributed by atoms with Gasteiger partial charge in [0.25, 0.3) is 0 Å². The van der Waals surface area contributed by atoms with E-state index in [1.54, 1.807) is 0 Å². The van der Waals surface area contributed by atoms with Gasteiger partial charge in [-0.3, -0.25) is 0 Å². The van der Waals surface area contributed by atoms with E-state index in [1.807, 2.05) is 30.3 Å².